The van der Waals surface area contributed by atoms with Crippen LogP contribution >= 0.6 is 0 Å². The lowest BCUT2D eigenvalue weighted by atomic mass is 9.85. The fourth-order valence-corrected chi connectivity index (χ4v) is 4.39. The minimum absolute atomic E-state index is 0.0754. The number of hydrogen-bond acceptors (Lipinski definition) is 5. The van der Waals surface area contributed by atoms with E-state index in [2.05, 4.69) is 27.7 Å². The molecule has 1 spiro atoms. The lowest BCUT2D eigenvalue weighted by Gasteiger charge is -2.44. The number of piperidine rings is 1. The van der Waals surface area contributed by atoms with Gasteiger partial charge in [0.2, 0.25) is 11.8 Å². The zero-order valence-corrected chi connectivity index (χ0v) is 15.3. The first-order valence-corrected chi connectivity index (χ1v) is 9.54. The molecule has 1 atom stereocenters. The molecule has 0 saturated carbocycles. The highest BCUT2D eigenvalue weighted by Gasteiger charge is 2.52. The summed E-state index contributed by atoms with van der Waals surface area (Å²) in [4.78, 5) is 30.0. The summed E-state index contributed by atoms with van der Waals surface area (Å²) < 4.78 is 1.41. The van der Waals surface area contributed by atoms with Crippen molar-refractivity contribution in [1.29, 1.82) is 0 Å². The summed E-state index contributed by atoms with van der Waals surface area (Å²) in [5, 5.41) is 10.9. The molecule has 1 aromatic heterocycles. The molecule has 3 heterocycles. The van der Waals surface area contributed by atoms with Gasteiger partial charge in [-0.2, -0.15) is 0 Å². The minimum Gasteiger partial charge on any atom is -0.340 e. The van der Waals surface area contributed by atoms with Gasteiger partial charge in [0.25, 0.3) is 0 Å². The van der Waals surface area contributed by atoms with Crippen LogP contribution in [0.5, 0.6) is 0 Å². The molecule has 142 valence electrons. The highest BCUT2D eigenvalue weighted by atomic mass is 16.2. The molecule has 0 aliphatic carbocycles. The number of likely N-dealkylation sites (tertiary alicyclic amines) is 2. The Morgan fingerprint density at radius 3 is 2.63 bits per heavy atom. The van der Waals surface area contributed by atoms with Crippen LogP contribution in [0.25, 0.3) is 0 Å². The van der Waals surface area contributed by atoms with Crippen LogP contribution < -0.4 is 0 Å². The Bertz CT molecular complexity index is 794. The number of carbonyl (C=O) groups excluding carboxylic acids is 2. The number of carbonyl (C=O) groups is 2. The third-order valence-electron chi connectivity index (χ3n) is 5.70. The third-order valence-corrected chi connectivity index (χ3v) is 5.70. The number of amides is 2. The monoisotopic (exact) mass is 368 g/mol. The molecule has 2 saturated heterocycles. The molecule has 0 bridgehead atoms. The molecule has 2 aliphatic rings. The number of tetrazole rings is 1. The molecule has 8 nitrogen and oxygen atoms in total. The van der Waals surface area contributed by atoms with Gasteiger partial charge in [0.15, 0.2) is 0 Å². The predicted molar refractivity (Wildman–Crippen MR) is 97.5 cm³/mol. The number of rotatable bonds is 5. The van der Waals surface area contributed by atoms with Crippen molar-refractivity contribution in [2.45, 2.75) is 44.2 Å². The van der Waals surface area contributed by atoms with Crippen molar-refractivity contribution < 1.29 is 9.59 Å². The third kappa shape index (κ3) is 3.43. The topological polar surface area (TPSA) is 84.2 Å². The van der Waals surface area contributed by atoms with Crippen molar-refractivity contribution in [1.82, 2.24) is 30.0 Å². The summed E-state index contributed by atoms with van der Waals surface area (Å²) in [6.07, 6.45) is 5.54. The van der Waals surface area contributed by atoms with E-state index in [4.69, 9.17) is 0 Å². The van der Waals surface area contributed by atoms with Gasteiger partial charge in [-0.15, -0.1) is 5.10 Å². The Labute approximate surface area is 158 Å². The molecule has 1 aromatic carbocycles. The van der Waals surface area contributed by atoms with Crippen molar-refractivity contribution >= 4 is 11.8 Å². The maximum atomic E-state index is 13.4. The fraction of sp³-hybridized carbons (Fsp3) is 0.526. The normalized spacial score (nSPS) is 22.6. The highest BCUT2D eigenvalue weighted by molar-refractivity contribution is 5.92. The zero-order valence-electron chi connectivity index (χ0n) is 15.3. The van der Waals surface area contributed by atoms with Crippen LogP contribution in [0.4, 0.5) is 0 Å². The second kappa shape index (κ2) is 7.46. The van der Waals surface area contributed by atoms with E-state index < -0.39 is 5.54 Å². The standard InChI is InChI=1S/C19H24N6O2/c26-17(14-24-15-20-21-22-24)25-12-5-10-19(25)9-4-11-23(18(19)27)13-8-16-6-2-1-3-7-16/h1-3,6-7,15H,4-5,8-14H2. The molecule has 2 amide bonds. The minimum atomic E-state index is -0.681. The molecule has 1 unspecified atom stereocenters. The SMILES string of the molecule is O=C(Cn1cnnn1)N1CCCC12CCCN(CCc1ccccc1)C2=O. The van der Waals surface area contributed by atoms with Gasteiger partial charge < -0.3 is 9.80 Å². The van der Waals surface area contributed by atoms with Crippen molar-refractivity contribution in [2.75, 3.05) is 19.6 Å². The molecule has 0 radical (unpaired) electrons. The summed E-state index contributed by atoms with van der Waals surface area (Å²) in [5.41, 5.74) is 0.544. The summed E-state index contributed by atoms with van der Waals surface area (Å²) in [7, 11) is 0. The Morgan fingerprint density at radius 1 is 1.11 bits per heavy atom. The van der Waals surface area contributed by atoms with Gasteiger partial charge in [0, 0.05) is 19.6 Å². The maximum Gasteiger partial charge on any atom is 0.248 e. The van der Waals surface area contributed by atoms with E-state index in [-0.39, 0.29) is 18.4 Å². The van der Waals surface area contributed by atoms with Crippen LogP contribution in [0.15, 0.2) is 36.7 Å². The molecule has 2 aromatic rings. The van der Waals surface area contributed by atoms with Crippen LogP contribution in [0.2, 0.25) is 0 Å². The van der Waals surface area contributed by atoms with Gasteiger partial charge in [-0.1, -0.05) is 30.3 Å². The van der Waals surface area contributed by atoms with Gasteiger partial charge in [-0.05, 0) is 48.1 Å². The average Bonchev–Trinajstić information content (AvgIpc) is 3.34. The van der Waals surface area contributed by atoms with Gasteiger partial charge >= 0.3 is 0 Å². The molecule has 2 fully saturated rings. The maximum absolute atomic E-state index is 13.4. The Hall–Kier alpha value is -2.77. The summed E-state index contributed by atoms with van der Waals surface area (Å²) in [6, 6.07) is 10.2. The number of nitrogens with zero attached hydrogens (tertiary/aromatic N) is 6. The largest absolute Gasteiger partial charge is 0.340 e. The smallest absolute Gasteiger partial charge is 0.248 e. The average molecular weight is 368 g/mol. The predicted octanol–water partition coefficient (Wildman–Crippen LogP) is 0.899. The first-order chi connectivity index (χ1) is 13.2. The second-order valence-electron chi connectivity index (χ2n) is 7.32. The fourth-order valence-electron chi connectivity index (χ4n) is 4.39. The van der Waals surface area contributed by atoms with E-state index in [0.717, 1.165) is 38.6 Å². The Balaban J connectivity index is 1.47. The molecule has 8 heteroatoms. The molecular formula is C19H24N6O2. The van der Waals surface area contributed by atoms with E-state index in [1.807, 2.05) is 23.1 Å². The van der Waals surface area contributed by atoms with Gasteiger partial charge in [-0.3, -0.25) is 9.59 Å². The molecule has 27 heavy (non-hydrogen) atoms. The lowest BCUT2D eigenvalue weighted by Crippen LogP contribution is -2.61. The number of aromatic nitrogens is 4. The quantitative estimate of drug-likeness (QED) is 0.783. The summed E-state index contributed by atoms with van der Waals surface area (Å²) >= 11 is 0. The van der Waals surface area contributed by atoms with E-state index in [1.54, 1.807) is 4.90 Å². The highest BCUT2D eigenvalue weighted by Crippen LogP contribution is 2.38. The number of hydrogen-bond donors (Lipinski definition) is 0. The molecule has 4 rings (SSSR count). The Morgan fingerprint density at radius 2 is 1.89 bits per heavy atom. The Kier molecular flexibility index (Phi) is 4.87. The van der Waals surface area contributed by atoms with Gasteiger partial charge in [0.1, 0.15) is 18.4 Å². The van der Waals surface area contributed by atoms with E-state index in [9.17, 15) is 9.59 Å². The van der Waals surface area contributed by atoms with Crippen LogP contribution in [-0.4, -0.2) is 67.0 Å². The molecule has 0 N–H and O–H groups in total. The van der Waals surface area contributed by atoms with E-state index in [1.165, 1.54) is 16.6 Å². The van der Waals surface area contributed by atoms with Crippen molar-refractivity contribution in [3.8, 4) is 0 Å². The van der Waals surface area contributed by atoms with Gasteiger partial charge in [0.05, 0.1) is 0 Å². The van der Waals surface area contributed by atoms with Crippen LogP contribution in [-0.2, 0) is 22.6 Å². The summed E-state index contributed by atoms with van der Waals surface area (Å²) in [5.74, 6) is 0.0188. The summed E-state index contributed by atoms with van der Waals surface area (Å²) in [6.45, 7) is 2.16. The van der Waals surface area contributed by atoms with Crippen molar-refractivity contribution in [3.63, 3.8) is 0 Å². The van der Waals surface area contributed by atoms with Crippen LogP contribution in [0.3, 0.4) is 0 Å². The first-order valence-electron chi connectivity index (χ1n) is 9.54. The van der Waals surface area contributed by atoms with Crippen LogP contribution in [0, 0.1) is 0 Å². The first kappa shape index (κ1) is 17.6. The van der Waals surface area contributed by atoms with Gasteiger partial charge in [-0.25, -0.2) is 4.68 Å². The van der Waals surface area contributed by atoms with E-state index >= 15 is 0 Å². The lowest BCUT2D eigenvalue weighted by molar-refractivity contribution is -0.155. The van der Waals surface area contributed by atoms with Crippen molar-refractivity contribution in [2.24, 2.45) is 0 Å². The van der Waals surface area contributed by atoms with Crippen molar-refractivity contribution in [3.05, 3.63) is 42.2 Å². The zero-order chi connectivity index (χ0) is 18.7. The van der Waals surface area contributed by atoms with E-state index in [0.29, 0.717) is 13.1 Å². The van der Waals surface area contributed by atoms with Crippen LogP contribution in [0.1, 0.15) is 31.2 Å². The second-order valence-corrected chi connectivity index (χ2v) is 7.32. The molecular weight excluding hydrogens is 344 g/mol. The number of benzene rings is 1. The molecule has 2 aliphatic heterocycles.